The second-order valence-corrected chi connectivity index (χ2v) is 21.5. The van der Waals surface area contributed by atoms with Crippen molar-refractivity contribution in [1.82, 2.24) is 0 Å². The van der Waals surface area contributed by atoms with Crippen LogP contribution in [0.4, 0.5) is 17.1 Å². The first-order valence-corrected chi connectivity index (χ1v) is 25.1. The van der Waals surface area contributed by atoms with Crippen LogP contribution in [0.25, 0.3) is 33.4 Å². The molecule has 1 nitrogen and oxygen atoms in total. The summed E-state index contributed by atoms with van der Waals surface area (Å²) in [4.78, 5) is 7.78. The molecule has 0 heterocycles. The predicted molar refractivity (Wildman–Crippen MR) is 275 cm³/mol. The number of anilines is 3. The zero-order valence-corrected chi connectivity index (χ0v) is 38.2. The van der Waals surface area contributed by atoms with E-state index >= 15 is 0 Å². The number of rotatable bonds is 10. The Labute approximate surface area is 387 Å². The Kier molecular flexibility index (Phi) is 10.9. The van der Waals surface area contributed by atoms with E-state index in [1.54, 1.807) is 0 Å². The van der Waals surface area contributed by atoms with Gasteiger partial charge >= 0.3 is 0 Å². The van der Waals surface area contributed by atoms with Gasteiger partial charge in [-0.25, -0.2) is 0 Å². The lowest BCUT2D eigenvalue weighted by molar-refractivity contribution is 0.443. The highest BCUT2D eigenvalue weighted by Gasteiger charge is 2.39. The number of benzene rings is 9. The van der Waals surface area contributed by atoms with Crippen LogP contribution in [0.3, 0.4) is 0 Å². The molecule has 0 aromatic heterocycles. The molecule has 1 fully saturated rings. The molecular weight excluding hydrogens is 803 g/mol. The lowest BCUT2D eigenvalue weighted by atomic mass is 9.80. The zero-order valence-electron chi connectivity index (χ0n) is 37.4. The van der Waals surface area contributed by atoms with E-state index in [1.165, 1.54) is 113 Å². The second kappa shape index (κ2) is 17.3. The van der Waals surface area contributed by atoms with Crippen LogP contribution in [0.15, 0.2) is 250 Å². The van der Waals surface area contributed by atoms with E-state index in [0.717, 1.165) is 5.69 Å². The SMILES string of the molecule is CC1(C)c2cc(N(c3ccc(C4CCCCC4)cc3)c3ccc(S(c4ccccc4)(c4ccccc4)c4ccccc4)cc3)ccc2-c2c(-c3ccccc3)cc(-c3ccccc3)cc21. The molecule has 11 rings (SSSR count). The van der Waals surface area contributed by atoms with Crippen LogP contribution >= 0.6 is 10.0 Å². The van der Waals surface area contributed by atoms with E-state index in [0.29, 0.717) is 5.92 Å². The van der Waals surface area contributed by atoms with Crippen LogP contribution in [-0.4, -0.2) is 0 Å². The smallest absolute Gasteiger partial charge is 0.0465 e. The Hall–Kier alpha value is -6.87. The molecule has 2 heteroatoms. The molecule has 0 unspecified atom stereocenters. The standard InChI is InChI=1S/C63H55NS/c1-63(2)60-45-53(39-42-58(60)62-59(49-25-13-5-14-26-49)43-50(44-61(62)63)47-23-11-4-12-24-47)64(51-35-33-48(34-36-51)46-21-9-3-10-22-46)52-37-40-57(41-38-52)65(54-27-15-6-16-28-54,55-29-17-7-18-30-55)56-31-19-8-20-32-56/h4-8,11-20,23-46H,3,9-10,21-22H2,1-2H3. The molecule has 0 spiro atoms. The molecule has 0 amide bonds. The third-order valence-electron chi connectivity index (χ3n) is 14.2. The summed E-state index contributed by atoms with van der Waals surface area (Å²) in [6.07, 6.45) is 6.59. The van der Waals surface area contributed by atoms with Crippen molar-refractivity contribution in [3.63, 3.8) is 0 Å². The van der Waals surface area contributed by atoms with Crippen LogP contribution in [-0.2, 0) is 5.41 Å². The molecule has 0 radical (unpaired) electrons. The number of nitrogens with zero attached hydrogens (tertiary/aromatic N) is 1. The summed E-state index contributed by atoms with van der Waals surface area (Å²) in [5.74, 6) is 0.648. The summed E-state index contributed by atoms with van der Waals surface area (Å²) < 4.78 is 0. The Morgan fingerprint density at radius 1 is 0.385 bits per heavy atom. The van der Waals surface area contributed by atoms with Gasteiger partial charge < -0.3 is 4.90 Å². The van der Waals surface area contributed by atoms with Gasteiger partial charge in [-0.05, 0) is 166 Å². The average molecular weight is 858 g/mol. The van der Waals surface area contributed by atoms with Crippen LogP contribution in [0.5, 0.6) is 0 Å². The minimum atomic E-state index is -1.82. The fourth-order valence-electron chi connectivity index (χ4n) is 10.9. The summed E-state index contributed by atoms with van der Waals surface area (Å²) >= 11 is 0. The van der Waals surface area contributed by atoms with Crippen molar-refractivity contribution in [3.8, 4) is 33.4 Å². The number of hydrogen-bond acceptors (Lipinski definition) is 1. The topological polar surface area (TPSA) is 3.24 Å². The molecule has 9 aromatic carbocycles. The van der Waals surface area contributed by atoms with Gasteiger partial charge in [0.1, 0.15) is 0 Å². The largest absolute Gasteiger partial charge is 0.310 e. The maximum Gasteiger partial charge on any atom is 0.0465 e. The molecule has 0 saturated heterocycles. The zero-order chi connectivity index (χ0) is 43.8. The lowest BCUT2D eigenvalue weighted by Gasteiger charge is -2.42. The van der Waals surface area contributed by atoms with E-state index in [-0.39, 0.29) is 5.41 Å². The quantitative estimate of drug-likeness (QED) is 0.132. The highest BCUT2D eigenvalue weighted by atomic mass is 32.3. The van der Waals surface area contributed by atoms with Gasteiger partial charge in [-0.2, -0.15) is 0 Å². The van der Waals surface area contributed by atoms with E-state index in [2.05, 4.69) is 249 Å². The third-order valence-corrected chi connectivity index (χ3v) is 18.1. The average Bonchev–Trinajstić information content (AvgIpc) is 3.61. The summed E-state index contributed by atoms with van der Waals surface area (Å²) in [5, 5.41) is 0. The van der Waals surface area contributed by atoms with Crippen molar-refractivity contribution in [3.05, 3.63) is 247 Å². The van der Waals surface area contributed by atoms with Crippen molar-refractivity contribution in [2.45, 2.75) is 76.9 Å². The van der Waals surface area contributed by atoms with Gasteiger partial charge in [0.2, 0.25) is 0 Å². The first kappa shape index (κ1) is 40.9. The molecule has 2 aliphatic carbocycles. The van der Waals surface area contributed by atoms with E-state index in [1.807, 2.05) is 0 Å². The molecule has 0 bridgehead atoms. The van der Waals surface area contributed by atoms with Crippen LogP contribution in [0, 0.1) is 0 Å². The fraction of sp³-hybridized carbons (Fsp3) is 0.143. The van der Waals surface area contributed by atoms with Crippen LogP contribution < -0.4 is 4.90 Å². The molecule has 2 aliphatic rings. The molecule has 0 aliphatic heterocycles. The van der Waals surface area contributed by atoms with Gasteiger partial charge in [0.15, 0.2) is 0 Å². The maximum atomic E-state index is 2.49. The molecule has 0 N–H and O–H groups in total. The normalized spacial score (nSPS) is 14.6. The monoisotopic (exact) mass is 857 g/mol. The fourth-order valence-corrected chi connectivity index (χ4v) is 14.8. The summed E-state index contributed by atoms with van der Waals surface area (Å²) in [5.41, 5.74) is 15.1. The minimum absolute atomic E-state index is 0.237. The van der Waals surface area contributed by atoms with Crippen molar-refractivity contribution in [2.24, 2.45) is 0 Å². The summed E-state index contributed by atoms with van der Waals surface area (Å²) in [7, 11) is -1.82. The highest BCUT2D eigenvalue weighted by Crippen LogP contribution is 2.73. The first-order valence-electron chi connectivity index (χ1n) is 23.4. The third kappa shape index (κ3) is 7.31. The van der Waals surface area contributed by atoms with Gasteiger partial charge in [-0.15, -0.1) is 10.0 Å². The summed E-state index contributed by atoms with van der Waals surface area (Å²) in [6, 6.07) is 86.5. The van der Waals surface area contributed by atoms with Crippen molar-refractivity contribution < 1.29 is 0 Å². The van der Waals surface area contributed by atoms with E-state index in [4.69, 9.17) is 0 Å². The molecule has 65 heavy (non-hydrogen) atoms. The van der Waals surface area contributed by atoms with Crippen molar-refractivity contribution in [1.29, 1.82) is 0 Å². The number of fused-ring (bicyclic) bond motifs is 3. The Morgan fingerprint density at radius 3 is 1.38 bits per heavy atom. The van der Waals surface area contributed by atoms with Gasteiger partial charge in [-0.1, -0.05) is 167 Å². The summed E-state index contributed by atoms with van der Waals surface area (Å²) in [6.45, 7) is 4.84. The van der Waals surface area contributed by atoms with E-state index < -0.39 is 10.0 Å². The van der Waals surface area contributed by atoms with Crippen LogP contribution in [0.2, 0.25) is 0 Å². The lowest BCUT2D eigenvalue weighted by Crippen LogP contribution is -2.17. The molecular formula is C63H55NS. The minimum Gasteiger partial charge on any atom is -0.310 e. The number of hydrogen-bond donors (Lipinski definition) is 0. The Morgan fingerprint density at radius 2 is 0.846 bits per heavy atom. The molecule has 318 valence electrons. The van der Waals surface area contributed by atoms with Gasteiger partial charge in [0.25, 0.3) is 0 Å². The van der Waals surface area contributed by atoms with Gasteiger partial charge in [0.05, 0.1) is 0 Å². The molecule has 9 aromatic rings. The predicted octanol–water partition coefficient (Wildman–Crippen LogP) is 18.2. The molecule has 0 atom stereocenters. The van der Waals surface area contributed by atoms with E-state index in [9.17, 15) is 0 Å². The van der Waals surface area contributed by atoms with Gasteiger partial charge in [-0.3, -0.25) is 0 Å². The maximum absolute atomic E-state index is 2.49. The van der Waals surface area contributed by atoms with Crippen molar-refractivity contribution >= 4 is 27.1 Å². The first-order chi connectivity index (χ1) is 32.0. The second-order valence-electron chi connectivity index (χ2n) is 18.3. The Balaban J connectivity index is 1.07. The molecule has 1 saturated carbocycles. The van der Waals surface area contributed by atoms with Crippen LogP contribution in [0.1, 0.15) is 68.6 Å². The highest BCUT2D eigenvalue weighted by molar-refractivity contribution is 8.34. The van der Waals surface area contributed by atoms with Gasteiger partial charge in [0, 0.05) is 42.1 Å². The Bertz CT molecular complexity index is 2950. The van der Waals surface area contributed by atoms with Crippen molar-refractivity contribution in [2.75, 3.05) is 4.90 Å².